The maximum Gasteiger partial charge on any atom is 0.234 e. The topological polar surface area (TPSA) is 69.0 Å². The zero-order valence-corrected chi connectivity index (χ0v) is 18.8. The van der Waals surface area contributed by atoms with Crippen molar-refractivity contribution in [3.8, 4) is 17.1 Å². The summed E-state index contributed by atoms with van der Waals surface area (Å²) in [4.78, 5) is 12.3. The van der Waals surface area contributed by atoms with E-state index >= 15 is 0 Å². The summed E-state index contributed by atoms with van der Waals surface area (Å²) in [5.74, 6) is 1.79. The summed E-state index contributed by atoms with van der Waals surface area (Å²) >= 11 is 4.78. The first kappa shape index (κ1) is 21.4. The second-order valence-corrected chi connectivity index (χ2v) is 8.24. The van der Waals surface area contributed by atoms with Crippen LogP contribution in [0.4, 0.5) is 5.69 Å². The van der Waals surface area contributed by atoms with Crippen molar-refractivity contribution in [1.82, 2.24) is 14.8 Å². The van der Waals surface area contributed by atoms with Gasteiger partial charge in [-0.05, 0) is 55.0 Å². The molecule has 0 aliphatic heterocycles. The zero-order chi connectivity index (χ0) is 20.6. The number of carbonyl (C=O) groups is 1. The molecule has 3 rings (SSSR count). The van der Waals surface area contributed by atoms with Gasteiger partial charge in [-0.15, -0.1) is 10.2 Å². The first-order valence-electron chi connectivity index (χ1n) is 9.36. The normalized spacial score (nSPS) is 10.7. The molecule has 152 valence electrons. The summed E-state index contributed by atoms with van der Waals surface area (Å²) in [5.41, 5.74) is 1.74. The Kier molecular flexibility index (Phi) is 7.71. The summed E-state index contributed by atoms with van der Waals surface area (Å²) in [7, 11) is 1.65. The SMILES string of the molecule is CCCCn1c(SCC(=O)Nc2ccc(Br)cc2)nnc1-c1ccc(OC)cc1. The number of unbranched alkanes of at least 4 members (excludes halogenated alkanes) is 1. The van der Waals surface area contributed by atoms with Crippen molar-refractivity contribution in [3.05, 3.63) is 53.0 Å². The molecule has 0 aliphatic rings. The summed E-state index contributed by atoms with van der Waals surface area (Å²) in [6.07, 6.45) is 2.08. The number of aromatic nitrogens is 3. The van der Waals surface area contributed by atoms with Crippen molar-refractivity contribution in [2.45, 2.75) is 31.5 Å². The third-order valence-corrected chi connectivity index (χ3v) is 5.76. The van der Waals surface area contributed by atoms with Gasteiger partial charge in [0.1, 0.15) is 5.75 Å². The Bertz CT molecular complexity index is 942. The van der Waals surface area contributed by atoms with Crippen LogP contribution < -0.4 is 10.1 Å². The molecular formula is C21H23BrN4O2S. The molecule has 1 amide bonds. The summed E-state index contributed by atoms with van der Waals surface area (Å²) < 4.78 is 8.29. The van der Waals surface area contributed by atoms with Crippen LogP contribution in [0.3, 0.4) is 0 Å². The lowest BCUT2D eigenvalue weighted by Crippen LogP contribution is -2.14. The molecule has 1 aromatic heterocycles. The van der Waals surface area contributed by atoms with Crippen LogP contribution in [0.1, 0.15) is 19.8 Å². The monoisotopic (exact) mass is 474 g/mol. The molecule has 1 N–H and O–H groups in total. The summed E-state index contributed by atoms with van der Waals surface area (Å²) in [5, 5.41) is 12.4. The first-order chi connectivity index (χ1) is 14.1. The third-order valence-electron chi connectivity index (χ3n) is 4.26. The number of nitrogens with one attached hydrogen (secondary N) is 1. The fourth-order valence-electron chi connectivity index (χ4n) is 2.73. The van der Waals surface area contributed by atoms with Gasteiger partial charge in [0.25, 0.3) is 0 Å². The number of rotatable bonds is 9. The number of anilines is 1. The number of methoxy groups -OCH3 is 1. The predicted octanol–water partition coefficient (Wildman–Crippen LogP) is 5.25. The number of halogens is 1. The number of hydrogen-bond donors (Lipinski definition) is 1. The highest BCUT2D eigenvalue weighted by Gasteiger charge is 2.15. The molecule has 0 saturated carbocycles. The minimum Gasteiger partial charge on any atom is -0.497 e. The Balaban J connectivity index is 1.71. The molecule has 2 aromatic carbocycles. The lowest BCUT2D eigenvalue weighted by atomic mass is 10.2. The molecule has 1 heterocycles. The molecule has 0 bridgehead atoms. The van der Waals surface area contributed by atoms with E-state index in [9.17, 15) is 4.79 Å². The number of carbonyl (C=O) groups excluding carboxylic acids is 1. The van der Waals surface area contributed by atoms with E-state index in [-0.39, 0.29) is 11.7 Å². The Morgan fingerprint density at radius 2 is 1.86 bits per heavy atom. The van der Waals surface area contributed by atoms with Gasteiger partial charge in [0.05, 0.1) is 12.9 Å². The van der Waals surface area contributed by atoms with E-state index in [1.165, 1.54) is 11.8 Å². The van der Waals surface area contributed by atoms with Crippen LogP contribution in [-0.2, 0) is 11.3 Å². The molecule has 0 radical (unpaired) electrons. The number of ether oxygens (including phenoxy) is 1. The van der Waals surface area contributed by atoms with Crippen LogP contribution in [0, 0.1) is 0 Å². The largest absolute Gasteiger partial charge is 0.497 e. The minimum atomic E-state index is -0.0756. The van der Waals surface area contributed by atoms with Crippen molar-refractivity contribution >= 4 is 39.3 Å². The van der Waals surface area contributed by atoms with Crippen LogP contribution in [-0.4, -0.2) is 33.5 Å². The second-order valence-electron chi connectivity index (χ2n) is 6.38. The van der Waals surface area contributed by atoms with E-state index in [1.807, 2.05) is 48.5 Å². The smallest absolute Gasteiger partial charge is 0.234 e. The number of nitrogens with zero attached hydrogens (tertiary/aromatic N) is 3. The maximum atomic E-state index is 12.3. The second kappa shape index (κ2) is 10.5. The van der Waals surface area contributed by atoms with Gasteiger partial charge in [0.2, 0.25) is 5.91 Å². The van der Waals surface area contributed by atoms with E-state index in [0.29, 0.717) is 0 Å². The summed E-state index contributed by atoms with van der Waals surface area (Å²) in [6, 6.07) is 15.3. The predicted molar refractivity (Wildman–Crippen MR) is 120 cm³/mol. The van der Waals surface area contributed by atoms with Gasteiger partial charge in [0, 0.05) is 22.3 Å². The van der Waals surface area contributed by atoms with E-state index in [1.54, 1.807) is 7.11 Å². The average molecular weight is 475 g/mol. The van der Waals surface area contributed by atoms with Crippen molar-refractivity contribution < 1.29 is 9.53 Å². The molecule has 29 heavy (non-hydrogen) atoms. The number of thioether (sulfide) groups is 1. The molecule has 0 atom stereocenters. The van der Waals surface area contributed by atoms with Gasteiger partial charge < -0.3 is 14.6 Å². The molecule has 0 fully saturated rings. The average Bonchev–Trinajstić information content (AvgIpc) is 3.15. The Hall–Kier alpha value is -2.32. The fraction of sp³-hybridized carbons (Fsp3) is 0.286. The number of amides is 1. The Morgan fingerprint density at radius 3 is 2.52 bits per heavy atom. The van der Waals surface area contributed by atoms with Crippen molar-refractivity contribution in [2.75, 3.05) is 18.2 Å². The van der Waals surface area contributed by atoms with Gasteiger partial charge >= 0.3 is 0 Å². The quantitative estimate of drug-likeness (QED) is 0.429. The van der Waals surface area contributed by atoms with Crippen molar-refractivity contribution in [2.24, 2.45) is 0 Å². The number of benzene rings is 2. The molecule has 6 nitrogen and oxygen atoms in total. The van der Waals surface area contributed by atoms with Gasteiger partial charge in [-0.3, -0.25) is 4.79 Å². The van der Waals surface area contributed by atoms with Crippen LogP contribution in [0.2, 0.25) is 0 Å². The van der Waals surface area contributed by atoms with E-state index in [2.05, 4.69) is 42.9 Å². The van der Waals surface area contributed by atoms with Crippen LogP contribution in [0.15, 0.2) is 58.2 Å². The maximum absolute atomic E-state index is 12.3. The Labute approximate surface area is 183 Å². The first-order valence-corrected chi connectivity index (χ1v) is 11.1. The van der Waals surface area contributed by atoms with E-state index < -0.39 is 0 Å². The van der Waals surface area contributed by atoms with E-state index in [4.69, 9.17) is 4.74 Å². The summed E-state index contributed by atoms with van der Waals surface area (Å²) in [6.45, 7) is 2.96. The highest BCUT2D eigenvalue weighted by Crippen LogP contribution is 2.26. The standard InChI is InChI=1S/C21H23BrN4O2S/c1-3-4-13-26-20(15-5-11-18(28-2)12-6-15)24-25-21(26)29-14-19(27)23-17-9-7-16(22)8-10-17/h5-12H,3-4,13-14H2,1-2H3,(H,23,27). The van der Waals surface area contributed by atoms with E-state index in [0.717, 1.165) is 51.8 Å². The fourth-order valence-corrected chi connectivity index (χ4v) is 3.76. The number of hydrogen-bond acceptors (Lipinski definition) is 5. The van der Waals surface area contributed by atoms with Gasteiger partial charge in [0.15, 0.2) is 11.0 Å². The van der Waals surface area contributed by atoms with Gasteiger partial charge in [-0.2, -0.15) is 0 Å². The lowest BCUT2D eigenvalue weighted by molar-refractivity contribution is -0.113. The van der Waals surface area contributed by atoms with Crippen molar-refractivity contribution in [1.29, 1.82) is 0 Å². The van der Waals surface area contributed by atoms with Gasteiger partial charge in [-0.1, -0.05) is 41.0 Å². The molecule has 8 heteroatoms. The third kappa shape index (κ3) is 5.83. The molecule has 0 aliphatic carbocycles. The zero-order valence-electron chi connectivity index (χ0n) is 16.4. The minimum absolute atomic E-state index is 0.0756. The van der Waals surface area contributed by atoms with Gasteiger partial charge in [-0.25, -0.2) is 0 Å². The molecule has 0 unspecified atom stereocenters. The highest BCUT2D eigenvalue weighted by atomic mass is 79.9. The Morgan fingerprint density at radius 1 is 1.14 bits per heavy atom. The lowest BCUT2D eigenvalue weighted by Gasteiger charge is -2.10. The van der Waals surface area contributed by atoms with Crippen LogP contribution in [0.5, 0.6) is 5.75 Å². The van der Waals surface area contributed by atoms with Crippen molar-refractivity contribution in [3.63, 3.8) is 0 Å². The molecule has 0 spiro atoms. The molecular weight excluding hydrogens is 452 g/mol. The highest BCUT2D eigenvalue weighted by molar-refractivity contribution is 9.10. The van der Waals surface area contributed by atoms with Crippen LogP contribution in [0.25, 0.3) is 11.4 Å². The van der Waals surface area contributed by atoms with Crippen LogP contribution >= 0.6 is 27.7 Å². The molecule has 0 saturated heterocycles. The molecule has 3 aromatic rings.